The number of benzene rings is 7. The lowest BCUT2D eigenvalue weighted by Gasteiger charge is -2.40. The van der Waals surface area contributed by atoms with Crippen LogP contribution in [0.5, 0.6) is 0 Å². The van der Waals surface area contributed by atoms with E-state index in [1.807, 2.05) is 0 Å². The molecule has 4 heteroatoms. The Kier molecular flexibility index (Phi) is 5.84. The number of rotatable bonds is 4. The van der Waals surface area contributed by atoms with Gasteiger partial charge in [-0.3, -0.25) is 0 Å². The van der Waals surface area contributed by atoms with Gasteiger partial charge in [0.2, 0.25) is 0 Å². The Bertz CT molecular complexity index is 2570. The Morgan fingerprint density at radius 1 is 0.292 bits per heavy atom. The molecule has 0 fully saturated rings. The van der Waals surface area contributed by atoms with Gasteiger partial charge < -0.3 is 18.9 Å². The molecule has 48 heavy (non-hydrogen) atoms. The van der Waals surface area contributed by atoms with E-state index in [-0.39, 0.29) is 0 Å². The molecule has 0 radical (unpaired) electrons. The third-order valence-corrected chi connectivity index (χ3v) is 9.64. The Morgan fingerprint density at radius 3 is 1.42 bits per heavy atom. The molecule has 10 rings (SSSR count). The van der Waals surface area contributed by atoms with Crippen LogP contribution in [0.2, 0.25) is 0 Å². The first-order chi connectivity index (χ1) is 23.8. The topological polar surface area (TPSA) is 16.3 Å². The summed E-state index contributed by atoms with van der Waals surface area (Å²) < 4.78 is 4.71. The molecular weight excluding hydrogens is 585 g/mol. The zero-order chi connectivity index (χ0) is 31.6. The molecular formula is C44H30N4. The lowest BCUT2D eigenvalue weighted by atomic mass is 10.0. The van der Waals surface area contributed by atoms with Crippen LogP contribution in [-0.4, -0.2) is 9.13 Å². The van der Waals surface area contributed by atoms with Gasteiger partial charge in [-0.1, -0.05) is 84.9 Å². The summed E-state index contributed by atoms with van der Waals surface area (Å²) in [7, 11) is 0. The van der Waals surface area contributed by atoms with Crippen LogP contribution in [-0.2, 0) is 0 Å². The Balaban J connectivity index is 1.15. The van der Waals surface area contributed by atoms with Crippen LogP contribution in [0.1, 0.15) is 0 Å². The van der Waals surface area contributed by atoms with Crippen molar-refractivity contribution < 1.29 is 0 Å². The average Bonchev–Trinajstić information content (AvgIpc) is 3.74. The molecule has 0 aliphatic carbocycles. The maximum atomic E-state index is 2.43. The molecule has 3 heterocycles. The molecule has 0 atom stereocenters. The van der Waals surface area contributed by atoms with Gasteiger partial charge in [-0.25, -0.2) is 0 Å². The standard InChI is InChI=1S/C44H30N4/c1-3-13-31(14-4-1)45-30-29-37-38(45)28-27-36-35-17-7-8-18-39(35)48(44(36)37)34-25-23-33(24-26-34)47-42-21-11-9-19-40(42)46(32-15-5-2-6-16-32)41-20-10-12-22-43(41)47/h1-30H. The van der Waals surface area contributed by atoms with E-state index < -0.39 is 0 Å². The number of fused-ring (bicyclic) bond motifs is 7. The van der Waals surface area contributed by atoms with E-state index in [1.54, 1.807) is 0 Å². The second kappa shape index (κ2) is 10.5. The molecule has 1 aliphatic heterocycles. The Hall–Kier alpha value is -6.52. The van der Waals surface area contributed by atoms with Crippen LogP contribution in [0.15, 0.2) is 182 Å². The van der Waals surface area contributed by atoms with Crippen molar-refractivity contribution >= 4 is 66.8 Å². The molecule has 2 aromatic heterocycles. The third-order valence-electron chi connectivity index (χ3n) is 9.64. The highest BCUT2D eigenvalue weighted by molar-refractivity contribution is 6.18. The minimum Gasteiger partial charge on any atom is -0.316 e. The van der Waals surface area contributed by atoms with Crippen LogP contribution in [0, 0.1) is 0 Å². The highest BCUT2D eigenvalue weighted by atomic mass is 15.3. The molecule has 0 bridgehead atoms. The van der Waals surface area contributed by atoms with Crippen LogP contribution in [0.3, 0.4) is 0 Å². The van der Waals surface area contributed by atoms with E-state index in [0.717, 1.165) is 45.5 Å². The number of anilines is 6. The van der Waals surface area contributed by atoms with Gasteiger partial charge in [0.05, 0.1) is 39.3 Å². The molecule has 0 unspecified atom stereocenters. The highest BCUT2D eigenvalue weighted by Crippen LogP contribution is 2.54. The zero-order valence-electron chi connectivity index (χ0n) is 26.1. The largest absolute Gasteiger partial charge is 0.316 e. The molecule has 4 nitrogen and oxygen atoms in total. The summed E-state index contributed by atoms with van der Waals surface area (Å²) in [5.41, 5.74) is 12.8. The maximum absolute atomic E-state index is 2.43. The number of hydrogen-bond acceptors (Lipinski definition) is 2. The maximum Gasteiger partial charge on any atom is 0.0703 e. The predicted octanol–water partition coefficient (Wildman–Crippen LogP) is 12.0. The first-order valence-electron chi connectivity index (χ1n) is 16.4. The first kappa shape index (κ1) is 26.7. The third kappa shape index (κ3) is 3.90. The minimum atomic E-state index is 1.12. The lowest BCUT2D eigenvalue weighted by Crippen LogP contribution is -2.23. The molecule has 0 saturated heterocycles. The van der Waals surface area contributed by atoms with Gasteiger partial charge in [-0.2, -0.15) is 0 Å². The van der Waals surface area contributed by atoms with Crippen LogP contribution in [0.25, 0.3) is 44.1 Å². The van der Waals surface area contributed by atoms with Crippen molar-refractivity contribution in [3.05, 3.63) is 182 Å². The fourth-order valence-electron chi connectivity index (χ4n) is 7.59. The van der Waals surface area contributed by atoms with Gasteiger partial charge in [-0.05, 0) is 91.0 Å². The van der Waals surface area contributed by atoms with Crippen molar-refractivity contribution in [1.29, 1.82) is 0 Å². The van der Waals surface area contributed by atoms with Crippen LogP contribution >= 0.6 is 0 Å². The molecule has 7 aromatic carbocycles. The van der Waals surface area contributed by atoms with Crippen molar-refractivity contribution in [2.75, 3.05) is 9.80 Å². The fraction of sp³-hybridized carbons (Fsp3) is 0. The van der Waals surface area contributed by atoms with E-state index >= 15 is 0 Å². The van der Waals surface area contributed by atoms with Crippen molar-refractivity contribution in [1.82, 2.24) is 9.13 Å². The summed E-state index contributed by atoms with van der Waals surface area (Å²) in [6.45, 7) is 0. The van der Waals surface area contributed by atoms with E-state index in [2.05, 4.69) is 201 Å². The average molecular weight is 615 g/mol. The van der Waals surface area contributed by atoms with Gasteiger partial charge in [-0.15, -0.1) is 0 Å². The van der Waals surface area contributed by atoms with Crippen molar-refractivity contribution in [3.8, 4) is 11.4 Å². The zero-order valence-corrected chi connectivity index (χ0v) is 26.1. The predicted molar refractivity (Wildman–Crippen MR) is 201 cm³/mol. The number of para-hydroxylation sites is 7. The summed E-state index contributed by atoms with van der Waals surface area (Å²) in [5, 5.41) is 3.75. The van der Waals surface area contributed by atoms with Crippen LogP contribution in [0.4, 0.5) is 34.1 Å². The van der Waals surface area contributed by atoms with E-state index in [0.29, 0.717) is 0 Å². The quantitative estimate of drug-likeness (QED) is 0.196. The van der Waals surface area contributed by atoms with Crippen molar-refractivity contribution in [2.24, 2.45) is 0 Å². The summed E-state index contributed by atoms with van der Waals surface area (Å²) in [4.78, 5) is 4.75. The second-order valence-electron chi connectivity index (χ2n) is 12.3. The molecule has 0 N–H and O–H groups in total. The summed E-state index contributed by atoms with van der Waals surface area (Å²) in [6.07, 6.45) is 2.19. The monoisotopic (exact) mass is 614 g/mol. The Morgan fingerprint density at radius 2 is 0.792 bits per heavy atom. The lowest BCUT2D eigenvalue weighted by molar-refractivity contribution is 1.13. The molecule has 226 valence electrons. The van der Waals surface area contributed by atoms with E-state index in [4.69, 9.17) is 0 Å². The number of aromatic nitrogens is 2. The van der Waals surface area contributed by atoms with Gasteiger partial charge in [0, 0.05) is 45.1 Å². The number of nitrogens with zero attached hydrogens (tertiary/aromatic N) is 4. The molecule has 0 spiro atoms. The SMILES string of the molecule is c1ccc(N2c3ccccc3N(c3ccc(-n4c5ccccc5c5ccc6c(ccn6-c6ccccc6)c54)cc3)c3ccccc32)cc1. The minimum absolute atomic E-state index is 1.12. The summed E-state index contributed by atoms with van der Waals surface area (Å²) in [6, 6.07) is 63.2. The molecule has 9 aromatic rings. The molecule has 1 aliphatic rings. The van der Waals surface area contributed by atoms with Crippen molar-refractivity contribution in [2.45, 2.75) is 0 Å². The number of hydrogen-bond donors (Lipinski definition) is 0. The van der Waals surface area contributed by atoms with Gasteiger partial charge >= 0.3 is 0 Å². The van der Waals surface area contributed by atoms with Gasteiger partial charge in [0.25, 0.3) is 0 Å². The normalized spacial score (nSPS) is 12.5. The van der Waals surface area contributed by atoms with E-state index in [1.165, 1.54) is 32.7 Å². The Labute approximate surface area is 278 Å². The van der Waals surface area contributed by atoms with E-state index in [9.17, 15) is 0 Å². The van der Waals surface area contributed by atoms with Crippen molar-refractivity contribution in [3.63, 3.8) is 0 Å². The molecule has 0 amide bonds. The van der Waals surface area contributed by atoms with Crippen LogP contribution < -0.4 is 9.80 Å². The first-order valence-corrected chi connectivity index (χ1v) is 16.4. The summed E-state index contributed by atoms with van der Waals surface area (Å²) in [5.74, 6) is 0. The smallest absolute Gasteiger partial charge is 0.0703 e. The second-order valence-corrected chi connectivity index (χ2v) is 12.3. The fourth-order valence-corrected chi connectivity index (χ4v) is 7.59. The van der Waals surface area contributed by atoms with Gasteiger partial charge in [0.1, 0.15) is 0 Å². The summed E-state index contributed by atoms with van der Waals surface area (Å²) >= 11 is 0. The van der Waals surface area contributed by atoms with Gasteiger partial charge in [0.15, 0.2) is 0 Å². The highest BCUT2D eigenvalue weighted by Gasteiger charge is 2.30. The molecule has 0 saturated carbocycles.